The molecule has 0 nitrogen and oxygen atoms in total. The molecule has 0 atom stereocenters. The minimum Gasteiger partial charge on any atom is -0.194 e. The molecule has 0 bridgehead atoms. The van der Waals surface area contributed by atoms with Crippen LogP contribution in [0.3, 0.4) is 0 Å². The molecule has 0 fully saturated rings. The van der Waals surface area contributed by atoms with Gasteiger partial charge in [0, 0.05) is 5.56 Å². The Labute approximate surface area is 165 Å². The first-order valence-electron chi connectivity index (χ1n) is 8.17. The fourth-order valence-electron chi connectivity index (χ4n) is 3.30. The van der Waals surface area contributed by atoms with Crippen molar-refractivity contribution in [3.05, 3.63) is 59.7 Å². The number of rotatable bonds is 3. The van der Waals surface area contributed by atoms with E-state index in [9.17, 15) is 52.7 Å². The van der Waals surface area contributed by atoms with Gasteiger partial charge in [-0.05, 0) is 21.5 Å². The zero-order valence-corrected chi connectivity index (χ0v) is 14.7. The number of benzene rings is 3. The Morgan fingerprint density at radius 1 is 0.419 bits per heavy atom. The smallest absolute Gasteiger partial charge is 0.194 e. The van der Waals surface area contributed by atoms with Crippen LogP contribution in [0, 0.1) is 0 Å². The summed E-state index contributed by atoms with van der Waals surface area (Å²) in [5, 5.41) is -4.60. The number of fused-ring (bicyclic) bond motifs is 2. The quantitative estimate of drug-likeness (QED) is 0.273. The van der Waals surface area contributed by atoms with E-state index >= 15 is 0 Å². The highest BCUT2D eigenvalue weighted by Gasteiger charge is 2.82. The van der Waals surface area contributed by atoms with Crippen LogP contribution in [0.4, 0.5) is 52.7 Å². The largest absolute Gasteiger partial charge is 0.460 e. The molecule has 0 aliphatic carbocycles. The number of hydrogen-bond acceptors (Lipinski definition) is 0. The van der Waals surface area contributed by atoms with E-state index in [-0.39, 0.29) is 0 Å². The van der Waals surface area contributed by atoms with E-state index in [1.165, 1.54) is 0 Å². The molecule has 0 saturated heterocycles. The molecule has 0 N–H and O–H groups in total. The van der Waals surface area contributed by atoms with Crippen molar-refractivity contribution >= 4 is 21.5 Å². The van der Waals surface area contributed by atoms with Crippen molar-refractivity contribution in [2.45, 2.75) is 30.1 Å². The normalized spacial score (nSPS) is 14.5. The molecule has 0 aliphatic heterocycles. The van der Waals surface area contributed by atoms with Crippen molar-refractivity contribution in [3.63, 3.8) is 0 Å². The Morgan fingerprint density at radius 2 is 0.742 bits per heavy atom. The second kappa shape index (κ2) is 6.67. The minimum atomic E-state index is -7.19. The lowest BCUT2D eigenvalue weighted by atomic mass is 9.85. The number of alkyl halides is 12. The monoisotopic (exact) mass is 464 g/mol. The van der Waals surface area contributed by atoms with Crippen LogP contribution in [-0.4, -0.2) is 18.0 Å². The molecule has 3 rings (SSSR count). The first-order valence-corrected chi connectivity index (χ1v) is 8.17. The summed E-state index contributed by atoms with van der Waals surface area (Å²) < 4.78 is 163. The topological polar surface area (TPSA) is 0 Å². The summed E-state index contributed by atoms with van der Waals surface area (Å²) in [6, 6.07) is 5.89. The SMILES string of the molecule is FC(F)(F)c1c2ccccc2c(C(F)(F)C(F)(F)C(F)(F)C(F)(F)F)c2ccccc12. The van der Waals surface area contributed by atoms with Crippen molar-refractivity contribution in [2.75, 3.05) is 0 Å². The third-order valence-corrected chi connectivity index (χ3v) is 4.67. The van der Waals surface area contributed by atoms with Crippen molar-refractivity contribution in [3.8, 4) is 0 Å². The van der Waals surface area contributed by atoms with E-state index in [0.717, 1.165) is 24.3 Å². The standard InChI is InChI=1S/C19H8F12/c20-15(21,17(25,26)18(27,28)19(29,30)31)13-9-5-1-3-7-11(9)14(16(22,23)24)12-8-4-2-6-10(12)13/h1-8H. The van der Waals surface area contributed by atoms with E-state index in [0.29, 0.717) is 24.3 Å². The van der Waals surface area contributed by atoms with Crippen LogP contribution in [0.1, 0.15) is 11.1 Å². The second-order valence-electron chi connectivity index (χ2n) is 6.56. The van der Waals surface area contributed by atoms with Gasteiger partial charge in [0.25, 0.3) is 0 Å². The van der Waals surface area contributed by atoms with Gasteiger partial charge in [0.1, 0.15) is 0 Å². The summed E-state index contributed by atoms with van der Waals surface area (Å²) in [6.07, 6.45) is -12.2. The van der Waals surface area contributed by atoms with Crippen LogP contribution in [-0.2, 0) is 12.1 Å². The Kier molecular flexibility index (Phi) is 4.95. The molecule has 0 unspecified atom stereocenters. The van der Waals surface area contributed by atoms with Gasteiger partial charge < -0.3 is 0 Å². The highest BCUT2D eigenvalue weighted by molar-refractivity contribution is 6.06. The van der Waals surface area contributed by atoms with Crippen molar-refractivity contribution in [1.82, 2.24) is 0 Å². The van der Waals surface area contributed by atoms with Crippen LogP contribution in [0.2, 0.25) is 0 Å². The maximum atomic E-state index is 14.8. The van der Waals surface area contributed by atoms with Gasteiger partial charge in [-0.3, -0.25) is 0 Å². The molecule has 0 heterocycles. The van der Waals surface area contributed by atoms with E-state index in [4.69, 9.17) is 0 Å². The third kappa shape index (κ3) is 3.18. The molecule has 0 amide bonds. The van der Waals surface area contributed by atoms with Gasteiger partial charge in [0.2, 0.25) is 0 Å². The Bertz CT molecular complexity index is 1080. The summed E-state index contributed by atoms with van der Waals surface area (Å²) >= 11 is 0. The Hall–Kier alpha value is -2.66. The van der Waals surface area contributed by atoms with E-state index in [1.807, 2.05) is 0 Å². The first kappa shape index (κ1) is 23.0. The number of hydrogen-bond donors (Lipinski definition) is 0. The molecule has 0 saturated carbocycles. The molecule has 0 radical (unpaired) electrons. The van der Waals surface area contributed by atoms with E-state index in [1.54, 1.807) is 0 Å². The van der Waals surface area contributed by atoms with Crippen molar-refractivity contribution in [1.29, 1.82) is 0 Å². The van der Waals surface area contributed by atoms with Gasteiger partial charge in [-0.25, -0.2) is 0 Å². The molecule has 3 aromatic rings. The average molecular weight is 464 g/mol. The van der Waals surface area contributed by atoms with Gasteiger partial charge in [-0.15, -0.1) is 0 Å². The maximum Gasteiger partial charge on any atom is 0.460 e. The summed E-state index contributed by atoms with van der Waals surface area (Å²) in [6.45, 7) is 0. The summed E-state index contributed by atoms with van der Waals surface area (Å²) in [4.78, 5) is 0. The zero-order chi connectivity index (χ0) is 23.6. The van der Waals surface area contributed by atoms with Crippen LogP contribution in [0.25, 0.3) is 21.5 Å². The molecule has 31 heavy (non-hydrogen) atoms. The fraction of sp³-hybridized carbons (Fsp3) is 0.263. The van der Waals surface area contributed by atoms with E-state index < -0.39 is 62.8 Å². The van der Waals surface area contributed by atoms with Crippen LogP contribution in [0.15, 0.2) is 48.5 Å². The lowest BCUT2D eigenvalue weighted by molar-refractivity contribution is -0.399. The summed E-state index contributed by atoms with van der Waals surface area (Å²) in [5.41, 5.74) is -3.59. The molecular formula is C19H8F12. The molecular weight excluding hydrogens is 456 g/mol. The lowest BCUT2D eigenvalue weighted by Crippen LogP contribution is -2.59. The highest BCUT2D eigenvalue weighted by Crippen LogP contribution is 2.59. The lowest BCUT2D eigenvalue weighted by Gasteiger charge is -2.35. The second-order valence-corrected chi connectivity index (χ2v) is 6.56. The van der Waals surface area contributed by atoms with Gasteiger partial charge >= 0.3 is 30.1 Å². The van der Waals surface area contributed by atoms with Crippen LogP contribution >= 0.6 is 0 Å². The molecule has 12 heteroatoms. The summed E-state index contributed by atoms with van der Waals surface area (Å²) in [5.74, 6) is -20.4. The van der Waals surface area contributed by atoms with Crippen molar-refractivity contribution < 1.29 is 52.7 Å². The molecule has 0 aliphatic rings. The number of halogens is 12. The van der Waals surface area contributed by atoms with Gasteiger partial charge in [0.05, 0.1) is 5.56 Å². The van der Waals surface area contributed by atoms with E-state index in [2.05, 4.69) is 0 Å². The van der Waals surface area contributed by atoms with Crippen LogP contribution < -0.4 is 0 Å². The predicted molar refractivity (Wildman–Crippen MR) is 86.3 cm³/mol. The minimum absolute atomic E-state index is 0.516. The predicted octanol–water partition coefficient (Wildman–Crippen LogP) is 7.94. The summed E-state index contributed by atoms with van der Waals surface area (Å²) in [7, 11) is 0. The highest BCUT2D eigenvalue weighted by atomic mass is 19.4. The van der Waals surface area contributed by atoms with Crippen LogP contribution in [0.5, 0.6) is 0 Å². The van der Waals surface area contributed by atoms with Gasteiger partial charge in [-0.1, -0.05) is 48.5 Å². The van der Waals surface area contributed by atoms with Crippen molar-refractivity contribution in [2.24, 2.45) is 0 Å². The molecule has 0 spiro atoms. The molecule has 0 aromatic heterocycles. The fourth-order valence-corrected chi connectivity index (χ4v) is 3.30. The molecule has 168 valence electrons. The zero-order valence-electron chi connectivity index (χ0n) is 14.7. The van der Waals surface area contributed by atoms with Gasteiger partial charge in [-0.2, -0.15) is 52.7 Å². The molecule has 3 aromatic carbocycles. The Morgan fingerprint density at radius 3 is 1.03 bits per heavy atom. The maximum absolute atomic E-state index is 14.8. The first-order chi connectivity index (χ1) is 14.0. The Balaban J connectivity index is 2.53. The average Bonchev–Trinajstić information content (AvgIpc) is 2.63. The van der Waals surface area contributed by atoms with Gasteiger partial charge in [0.15, 0.2) is 0 Å². The third-order valence-electron chi connectivity index (χ3n) is 4.67.